The van der Waals surface area contributed by atoms with E-state index < -0.39 is 6.10 Å². The molecular formula is C14H23N3O2. The molecule has 5 nitrogen and oxygen atoms in total. The lowest BCUT2D eigenvalue weighted by atomic mass is 10.2. The fourth-order valence-corrected chi connectivity index (χ4v) is 1.68. The molecule has 1 aromatic rings. The minimum Gasteiger partial charge on any atom is -0.387 e. The molecule has 1 rings (SSSR count). The second kappa shape index (κ2) is 7.09. The summed E-state index contributed by atoms with van der Waals surface area (Å²) in [5.74, 6) is 0.0551. The third-order valence-electron chi connectivity index (χ3n) is 3.07. The van der Waals surface area contributed by atoms with Crippen molar-refractivity contribution < 1.29 is 9.90 Å². The molecular weight excluding hydrogens is 242 g/mol. The molecule has 0 saturated heterocycles. The molecule has 0 fully saturated rings. The zero-order chi connectivity index (χ0) is 14.4. The predicted octanol–water partition coefficient (Wildman–Crippen LogP) is 1.44. The van der Waals surface area contributed by atoms with Crippen LogP contribution in [0.15, 0.2) is 18.3 Å². The third kappa shape index (κ3) is 4.21. The van der Waals surface area contributed by atoms with E-state index in [1.54, 1.807) is 25.2 Å². The van der Waals surface area contributed by atoms with Crippen LogP contribution in [0.3, 0.4) is 0 Å². The number of aliphatic hydroxyl groups excluding tert-OH is 1. The summed E-state index contributed by atoms with van der Waals surface area (Å²) in [5.41, 5.74) is 1.56. The lowest BCUT2D eigenvalue weighted by Crippen LogP contribution is -2.36. The number of nitrogens with zero attached hydrogens (tertiary/aromatic N) is 3. The first-order valence-electron chi connectivity index (χ1n) is 6.58. The molecule has 0 aliphatic rings. The van der Waals surface area contributed by atoms with E-state index in [2.05, 4.69) is 4.98 Å². The van der Waals surface area contributed by atoms with Gasteiger partial charge in [-0.25, -0.2) is 0 Å². The van der Waals surface area contributed by atoms with Crippen molar-refractivity contribution in [1.82, 2.24) is 9.88 Å². The highest BCUT2D eigenvalue weighted by Crippen LogP contribution is 2.18. The van der Waals surface area contributed by atoms with Gasteiger partial charge in [-0.2, -0.15) is 0 Å². The molecule has 1 atom stereocenters. The van der Waals surface area contributed by atoms with Crippen LogP contribution in [0.5, 0.6) is 0 Å². The zero-order valence-electron chi connectivity index (χ0n) is 12.1. The summed E-state index contributed by atoms with van der Waals surface area (Å²) < 4.78 is 0. The van der Waals surface area contributed by atoms with Crippen LogP contribution < -0.4 is 4.90 Å². The van der Waals surface area contributed by atoms with Gasteiger partial charge in [-0.3, -0.25) is 9.78 Å². The van der Waals surface area contributed by atoms with Crippen LogP contribution in [0.25, 0.3) is 0 Å². The standard InChI is InChI=1S/C14H23N3O2/c1-5-13(18)12-8-7-11(9-15-12)17(6-2)10-14(19)16(3)4/h7-9,13,18H,5-6,10H2,1-4H3/t13-/m1/s1. The summed E-state index contributed by atoms with van der Waals surface area (Å²) in [7, 11) is 3.49. The molecule has 5 heteroatoms. The van der Waals surface area contributed by atoms with Gasteiger partial charge in [0.2, 0.25) is 5.91 Å². The number of hydrogen-bond acceptors (Lipinski definition) is 4. The predicted molar refractivity (Wildman–Crippen MR) is 76.1 cm³/mol. The monoisotopic (exact) mass is 265 g/mol. The lowest BCUT2D eigenvalue weighted by molar-refractivity contribution is -0.127. The van der Waals surface area contributed by atoms with Crippen molar-refractivity contribution in [3.05, 3.63) is 24.0 Å². The van der Waals surface area contributed by atoms with Crippen LogP contribution in [0.1, 0.15) is 32.1 Å². The van der Waals surface area contributed by atoms with Gasteiger partial charge in [0, 0.05) is 20.6 Å². The van der Waals surface area contributed by atoms with Crippen molar-refractivity contribution in [2.45, 2.75) is 26.4 Å². The molecule has 0 unspecified atom stereocenters. The van der Waals surface area contributed by atoms with E-state index in [0.717, 1.165) is 12.2 Å². The summed E-state index contributed by atoms with van der Waals surface area (Å²) in [5, 5.41) is 9.70. The van der Waals surface area contributed by atoms with Crippen molar-refractivity contribution in [2.24, 2.45) is 0 Å². The molecule has 0 aliphatic carbocycles. The normalized spacial score (nSPS) is 12.1. The van der Waals surface area contributed by atoms with Crippen molar-refractivity contribution in [3.8, 4) is 0 Å². The van der Waals surface area contributed by atoms with Crippen LogP contribution in [-0.2, 0) is 4.79 Å². The van der Waals surface area contributed by atoms with Gasteiger partial charge >= 0.3 is 0 Å². The van der Waals surface area contributed by atoms with Crippen LogP contribution in [0.2, 0.25) is 0 Å². The SMILES string of the molecule is CC[C@@H](O)c1ccc(N(CC)CC(=O)N(C)C)cn1. The molecule has 19 heavy (non-hydrogen) atoms. The maximum atomic E-state index is 11.7. The molecule has 0 bridgehead atoms. The Morgan fingerprint density at radius 2 is 2.05 bits per heavy atom. The molecule has 0 saturated carbocycles. The summed E-state index contributed by atoms with van der Waals surface area (Å²) >= 11 is 0. The molecule has 106 valence electrons. The van der Waals surface area contributed by atoms with E-state index in [4.69, 9.17) is 0 Å². The number of hydrogen-bond donors (Lipinski definition) is 1. The Kier molecular flexibility index (Phi) is 5.76. The van der Waals surface area contributed by atoms with Crippen LogP contribution >= 0.6 is 0 Å². The van der Waals surface area contributed by atoms with E-state index in [9.17, 15) is 9.90 Å². The maximum Gasteiger partial charge on any atom is 0.241 e. The van der Waals surface area contributed by atoms with Gasteiger partial charge in [0.1, 0.15) is 0 Å². The van der Waals surface area contributed by atoms with Gasteiger partial charge in [-0.05, 0) is 25.5 Å². The van der Waals surface area contributed by atoms with Gasteiger partial charge in [-0.15, -0.1) is 0 Å². The number of pyridine rings is 1. The highest BCUT2D eigenvalue weighted by atomic mass is 16.3. The molecule has 1 amide bonds. The summed E-state index contributed by atoms with van der Waals surface area (Å²) in [6, 6.07) is 3.71. The second-order valence-electron chi connectivity index (χ2n) is 4.67. The van der Waals surface area contributed by atoms with Gasteiger partial charge in [0.15, 0.2) is 0 Å². The lowest BCUT2D eigenvalue weighted by Gasteiger charge is -2.24. The first-order chi connectivity index (χ1) is 8.99. The smallest absolute Gasteiger partial charge is 0.241 e. The number of carbonyl (C=O) groups excluding carboxylic acids is 1. The highest BCUT2D eigenvalue weighted by Gasteiger charge is 2.13. The summed E-state index contributed by atoms with van der Waals surface area (Å²) in [6.07, 6.45) is 1.83. The Bertz CT molecular complexity index is 404. The average Bonchev–Trinajstić information content (AvgIpc) is 2.43. The van der Waals surface area contributed by atoms with E-state index >= 15 is 0 Å². The minimum atomic E-state index is -0.521. The molecule has 1 heterocycles. The Balaban J connectivity index is 2.79. The summed E-state index contributed by atoms with van der Waals surface area (Å²) in [4.78, 5) is 19.5. The van der Waals surface area contributed by atoms with Gasteiger partial charge in [0.25, 0.3) is 0 Å². The molecule has 0 radical (unpaired) electrons. The largest absolute Gasteiger partial charge is 0.387 e. The zero-order valence-corrected chi connectivity index (χ0v) is 12.1. The van der Waals surface area contributed by atoms with E-state index in [1.807, 2.05) is 30.9 Å². The molecule has 0 aliphatic heterocycles. The number of anilines is 1. The topological polar surface area (TPSA) is 56.7 Å². The number of aromatic nitrogens is 1. The Morgan fingerprint density at radius 1 is 1.37 bits per heavy atom. The Morgan fingerprint density at radius 3 is 2.47 bits per heavy atom. The van der Waals surface area contributed by atoms with E-state index in [0.29, 0.717) is 18.7 Å². The summed E-state index contributed by atoms with van der Waals surface area (Å²) in [6.45, 7) is 4.98. The van der Waals surface area contributed by atoms with Crippen molar-refractivity contribution in [2.75, 3.05) is 32.1 Å². The molecule has 1 aromatic heterocycles. The first kappa shape index (κ1) is 15.4. The third-order valence-corrected chi connectivity index (χ3v) is 3.07. The van der Waals surface area contributed by atoms with Gasteiger partial charge in [0.05, 0.1) is 30.2 Å². The number of aliphatic hydroxyl groups is 1. The Hall–Kier alpha value is -1.62. The van der Waals surface area contributed by atoms with Gasteiger partial charge in [-0.1, -0.05) is 6.92 Å². The number of rotatable bonds is 6. The fourth-order valence-electron chi connectivity index (χ4n) is 1.68. The van der Waals surface area contributed by atoms with E-state index in [-0.39, 0.29) is 5.91 Å². The van der Waals surface area contributed by atoms with Gasteiger partial charge < -0.3 is 14.9 Å². The quantitative estimate of drug-likeness (QED) is 0.845. The fraction of sp³-hybridized carbons (Fsp3) is 0.571. The van der Waals surface area contributed by atoms with Crippen LogP contribution in [0.4, 0.5) is 5.69 Å². The Labute approximate surface area is 114 Å². The van der Waals surface area contributed by atoms with Crippen molar-refractivity contribution in [3.63, 3.8) is 0 Å². The second-order valence-corrected chi connectivity index (χ2v) is 4.67. The molecule has 0 aromatic carbocycles. The molecule has 1 N–H and O–H groups in total. The van der Waals surface area contributed by atoms with Crippen molar-refractivity contribution >= 4 is 11.6 Å². The molecule has 0 spiro atoms. The van der Waals surface area contributed by atoms with Crippen LogP contribution in [0, 0.1) is 0 Å². The van der Waals surface area contributed by atoms with E-state index in [1.165, 1.54) is 0 Å². The van der Waals surface area contributed by atoms with Crippen LogP contribution in [-0.4, -0.2) is 48.1 Å². The highest BCUT2D eigenvalue weighted by molar-refractivity contribution is 5.80. The number of carbonyl (C=O) groups is 1. The minimum absolute atomic E-state index is 0.0551. The number of amides is 1. The number of likely N-dealkylation sites (N-methyl/N-ethyl adjacent to an activating group) is 2. The average molecular weight is 265 g/mol. The maximum absolute atomic E-state index is 11.7. The van der Waals surface area contributed by atoms with Crippen molar-refractivity contribution in [1.29, 1.82) is 0 Å². The first-order valence-corrected chi connectivity index (χ1v) is 6.58.